The number of aliphatic imine (C=N–C) groups is 1. The van der Waals surface area contributed by atoms with Crippen LogP contribution in [0.2, 0.25) is 0 Å². The summed E-state index contributed by atoms with van der Waals surface area (Å²) in [6.07, 6.45) is 6.72. The minimum absolute atomic E-state index is 0. The predicted octanol–water partition coefficient (Wildman–Crippen LogP) is 2.60. The molecule has 3 rings (SSSR count). The van der Waals surface area contributed by atoms with E-state index in [1.165, 1.54) is 24.0 Å². The molecule has 2 aliphatic carbocycles. The van der Waals surface area contributed by atoms with Crippen LogP contribution in [0.15, 0.2) is 29.3 Å². The van der Waals surface area contributed by atoms with Crippen molar-refractivity contribution in [3.8, 4) is 0 Å². The van der Waals surface area contributed by atoms with E-state index in [0.717, 1.165) is 57.3 Å². The molecule has 1 fully saturated rings. The SMILES string of the molecule is CN(C)C(=O)CN=C(NCCCOCC1CC1)NC1CCc2ccccc2C1.I. The molecule has 29 heavy (non-hydrogen) atoms. The molecule has 1 aromatic carbocycles. The van der Waals surface area contributed by atoms with Crippen LogP contribution >= 0.6 is 24.0 Å². The van der Waals surface area contributed by atoms with Crippen molar-refractivity contribution in [2.24, 2.45) is 10.9 Å². The number of nitrogens with zero attached hydrogens (tertiary/aromatic N) is 2. The van der Waals surface area contributed by atoms with E-state index in [4.69, 9.17) is 4.74 Å². The van der Waals surface area contributed by atoms with E-state index >= 15 is 0 Å². The van der Waals surface area contributed by atoms with Crippen LogP contribution in [0.25, 0.3) is 0 Å². The van der Waals surface area contributed by atoms with Crippen LogP contribution < -0.4 is 10.6 Å². The number of carbonyl (C=O) groups excluding carboxylic acids is 1. The van der Waals surface area contributed by atoms with Gasteiger partial charge in [-0.2, -0.15) is 0 Å². The van der Waals surface area contributed by atoms with E-state index in [1.54, 1.807) is 19.0 Å². The van der Waals surface area contributed by atoms with Crippen molar-refractivity contribution in [1.29, 1.82) is 0 Å². The van der Waals surface area contributed by atoms with Crippen molar-refractivity contribution < 1.29 is 9.53 Å². The van der Waals surface area contributed by atoms with E-state index in [0.29, 0.717) is 6.04 Å². The molecular weight excluding hydrogens is 479 g/mol. The second-order valence-corrected chi connectivity index (χ2v) is 8.10. The largest absolute Gasteiger partial charge is 0.381 e. The Hall–Kier alpha value is -1.35. The Morgan fingerprint density at radius 3 is 2.69 bits per heavy atom. The van der Waals surface area contributed by atoms with Crippen LogP contribution in [0.3, 0.4) is 0 Å². The summed E-state index contributed by atoms with van der Waals surface area (Å²) in [5.74, 6) is 1.53. The highest BCUT2D eigenvalue weighted by molar-refractivity contribution is 14.0. The Morgan fingerprint density at radius 2 is 1.97 bits per heavy atom. The number of halogens is 1. The molecule has 2 N–H and O–H groups in total. The first-order valence-electron chi connectivity index (χ1n) is 10.5. The molecule has 162 valence electrons. The Balaban J connectivity index is 0.00000300. The number of benzene rings is 1. The summed E-state index contributed by atoms with van der Waals surface area (Å²) >= 11 is 0. The normalized spacial score (nSPS) is 18.4. The molecule has 0 bridgehead atoms. The maximum atomic E-state index is 11.9. The molecule has 0 saturated heterocycles. The van der Waals surface area contributed by atoms with Crippen molar-refractivity contribution >= 4 is 35.8 Å². The van der Waals surface area contributed by atoms with Crippen LogP contribution in [-0.4, -0.2) is 63.2 Å². The summed E-state index contributed by atoms with van der Waals surface area (Å²) in [4.78, 5) is 18.0. The van der Waals surface area contributed by atoms with Gasteiger partial charge in [0.05, 0.1) is 0 Å². The summed E-state index contributed by atoms with van der Waals surface area (Å²) in [6.45, 7) is 2.61. The Kier molecular flexibility index (Phi) is 10.2. The van der Waals surface area contributed by atoms with Gasteiger partial charge in [0.25, 0.3) is 0 Å². The van der Waals surface area contributed by atoms with Crippen LogP contribution in [0.5, 0.6) is 0 Å². The molecule has 6 nitrogen and oxygen atoms in total. The number of rotatable bonds is 9. The van der Waals surface area contributed by atoms with Gasteiger partial charge in [0.2, 0.25) is 5.91 Å². The van der Waals surface area contributed by atoms with Gasteiger partial charge in [0.1, 0.15) is 6.54 Å². The van der Waals surface area contributed by atoms with E-state index in [-0.39, 0.29) is 36.4 Å². The molecule has 1 aromatic rings. The fourth-order valence-electron chi connectivity index (χ4n) is 3.37. The first-order valence-corrected chi connectivity index (χ1v) is 10.5. The highest BCUT2D eigenvalue weighted by Crippen LogP contribution is 2.28. The number of likely N-dealkylation sites (N-methyl/N-ethyl adjacent to an activating group) is 1. The van der Waals surface area contributed by atoms with Gasteiger partial charge in [-0.05, 0) is 55.6 Å². The number of hydrogen-bond acceptors (Lipinski definition) is 3. The number of hydrogen-bond donors (Lipinski definition) is 2. The number of amides is 1. The van der Waals surface area contributed by atoms with E-state index < -0.39 is 0 Å². The lowest BCUT2D eigenvalue weighted by atomic mass is 9.88. The van der Waals surface area contributed by atoms with Gasteiger partial charge in [0.15, 0.2) is 5.96 Å². The summed E-state index contributed by atoms with van der Waals surface area (Å²) < 4.78 is 5.70. The summed E-state index contributed by atoms with van der Waals surface area (Å²) in [5, 5.41) is 6.91. The van der Waals surface area contributed by atoms with Crippen LogP contribution in [0.4, 0.5) is 0 Å². The lowest BCUT2D eigenvalue weighted by Crippen LogP contribution is -2.46. The third-order valence-electron chi connectivity index (χ3n) is 5.37. The fourth-order valence-corrected chi connectivity index (χ4v) is 3.37. The number of fused-ring (bicyclic) bond motifs is 1. The van der Waals surface area contributed by atoms with E-state index in [1.807, 2.05) is 0 Å². The monoisotopic (exact) mass is 514 g/mol. The molecule has 1 atom stereocenters. The average Bonchev–Trinajstić information content (AvgIpc) is 3.52. The maximum Gasteiger partial charge on any atom is 0.243 e. The second-order valence-electron chi connectivity index (χ2n) is 8.10. The van der Waals surface area contributed by atoms with Gasteiger partial charge in [0, 0.05) is 39.9 Å². The highest BCUT2D eigenvalue weighted by atomic mass is 127. The average molecular weight is 514 g/mol. The molecule has 0 aliphatic heterocycles. The Morgan fingerprint density at radius 1 is 1.21 bits per heavy atom. The Labute approximate surface area is 191 Å². The van der Waals surface area contributed by atoms with Gasteiger partial charge in [-0.1, -0.05) is 24.3 Å². The zero-order valence-electron chi connectivity index (χ0n) is 17.7. The van der Waals surface area contributed by atoms with Gasteiger partial charge < -0.3 is 20.3 Å². The van der Waals surface area contributed by atoms with Crippen molar-refractivity contribution in [2.45, 2.75) is 44.6 Å². The summed E-state index contributed by atoms with van der Waals surface area (Å²) in [6, 6.07) is 8.98. The van der Waals surface area contributed by atoms with Crippen molar-refractivity contribution in [1.82, 2.24) is 15.5 Å². The highest BCUT2D eigenvalue weighted by Gasteiger charge is 2.21. The lowest BCUT2D eigenvalue weighted by Gasteiger charge is -2.27. The van der Waals surface area contributed by atoms with Crippen LogP contribution in [0.1, 0.15) is 36.8 Å². The van der Waals surface area contributed by atoms with E-state index in [9.17, 15) is 4.79 Å². The molecule has 1 saturated carbocycles. The zero-order valence-corrected chi connectivity index (χ0v) is 20.0. The second kappa shape index (κ2) is 12.4. The first kappa shape index (κ1) is 23.9. The maximum absolute atomic E-state index is 11.9. The van der Waals surface area contributed by atoms with Crippen LogP contribution in [0, 0.1) is 5.92 Å². The molecule has 2 aliphatic rings. The van der Waals surface area contributed by atoms with Crippen molar-refractivity contribution in [2.75, 3.05) is 40.4 Å². The molecular formula is C22H35IN4O2. The topological polar surface area (TPSA) is 66.0 Å². The zero-order chi connectivity index (χ0) is 19.8. The minimum Gasteiger partial charge on any atom is -0.381 e. The molecule has 0 radical (unpaired) electrons. The number of ether oxygens (including phenoxy) is 1. The summed E-state index contributed by atoms with van der Waals surface area (Å²) in [7, 11) is 3.52. The predicted molar refractivity (Wildman–Crippen MR) is 128 cm³/mol. The third kappa shape index (κ3) is 8.50. The standard InChI is InChI=1S/C22H34N4O2.HI/c1-26(2)21(27)15-24-22(23-12-5-13-28-16-17-8-9-17)25-20-11-10-18-6-3-4-7-19(18)14-20;/h3-4,6-7,17,20H,5,8-16H2,1-2H3,(H2,23,24,25);1H. The molecule has 0 heterocycles. The lowest BCUT2D eigenvalue weighted by molar-refractivity contribution is -0.127. The number of guanidine groups is 1. The molecule has 7 heteroatoms. The van der Waals surface area contributed by atoms with Gasteiger partial charge >= 0.3 is 0 Å². The number of nitrogens with one attached hydrogen (secondary N) is 2. The summed E-state index contributed by atoms with van der Waals surface area (Å²) in [5.41, 5.74) is 2.85. The van der Waals surface area contributed by atoms with Crippen molar-refractivity contribution in [3.05, 3.63) is 35.4 Å². The fraction of sp³-hybridized carbons (Fsp3) is 0.636. The van der Waals surface area contributed by atoms with Gasteiger partial charge in [-0.15, -0.1) is 24.0 Å². The van der Waals surface area contributed by atoms with Crippen molar-refractivity contribution in [3.63, 3.8) is 0 Å². The van der Waals surface area contributed by atoms with Gasteiger partial charge in [-0.25, -0.2) is 4.99 Å². The minimum atomic E-state index is 0. The quantitative estimate of drug-likeness (QED) is 0.230. The smallest absolute Gasteiger partial charge is 0.243 e. The number of carbonyl (C=O) groups is 1. The Bertz CT molecular complexity index is 677. The first-order chi connectivity index (χ1) is 13.6. The van der Waals surface area contributed by atoms with E-state index in [2.05, 4.69) is 39.9 Å². The third-order valence-corrected chi connectivity index (χ3v) is 5.37. The molecule has 0 spiro atoms. The molecule has 1 amide bonds. The number of aryl methyl sites for hydroxylation is 1. The molecule has 0 aromatic heterocycles. The van der Waals surface area contributed by atoms with Crippen LogP contribution in [-0.2, 0) is 22.4 Å². The molecule has 1 unspecified atom stereocenters. The van der Waals surface area contributed by atoms with Gasteiger partial charge in [-0.3, -0.25) is 4.79 Å².